The molecule has 6 nitrogen and oxygen atoms in total. The van der Waals surface area contributed by atoms with E-state index in [0.717, 1.165) is 27.8 Å². The highest BCUT2D eigenvalue weighted by Crippen LogP contribution is 2.27. The lowest BCUT2D eigenvalue weighted by atomic mass is 10.0. The third-order valence-electron chi connectivity index (χ3n) is 4.96. The minimum atomic E-state index is -0.415. The highest BCUT2D eigenvalue weighted by Gasteiger charge is 2.12. The van der Waals surface area contributed by atoms with Crippen molar-refractivity contribution in [1.29, 1.82) is 0 Å². The quantitative estimate of drug-likeness (QED) is 0.507. The number of hydrogen-bond acceptors (Lipinski definition) is 5. The second-order valence-electron chi connectivity index (χ2n) is 7.22. The molecule has 0 aliphatic carbocycles. The largest absolute Gasteiger partial charge is 0.508 e. The Kier molecular flexibility index (Phi) is 5.18. The zero-order valence-electron chi connectivity index (χ0n) is 16.5. The summed E-state index contributed by atoms with van der Waals surface area (Å²) in [5, 5.41) is 15.4. The van der Waals surface area contributed by atoms with Crippen LogP contribution in [0.4, 0.5) is 0 Å². The minimum Gasteiger partial charge on any atom is -0.508 e. The molecule has 2 aromatic heterocycles. The van der Waals surface area contributed by atoms with Gasteiger partial charge < -0.3 is 9.52 Å². The Morgan fingerprint density at radius 3 is 2.66 bits per heavy atom. The summed E-state index contributed by atoms with van der Waals surface area (Å²) in [6.45, 7) is 3.25. The van der Waals surface area contributed by atoms with Crippen molar-refractivity contribution in [1.82, 2.24) is 14.7 Å². The second-order valence-corrected chi connectivity index (χ2v) is 7.22. The zero-order chi connectivity index (χ0) is 20.4. The second kappa shape index (κ2) is 7.93. The topological polar surface area (TPSA) is 71.5 Å². The summed E-state index contributed by atoms with van der Waals surface area (Å²) in [6.07, 6.45) is 4.57. The van der Waals surface area contributed by atoms with Crippen LogP contribution in [0.2, 0.25) is 0 Å². The van der Waals surface area contributed by atoms with Crippen molar-refractivity contribution in [3.8, 4) is 11.4 Å². The van der Waals surface area contributed by atoms with Crippen LogP contribution in [0.25, 0.3) is 16.7 Å². The van der Waals surface area contributed by atoms with E-state index < -0.39 is 5.63 Å². The molecule has 4 aromatic rings. The van der Waals surface area contributed by atoms with Gasteiger partial charge in [0.25, 0.3) is 0 Å². The van der Waals surface area contributed by atoms with Crippen LogP contribution in [0.3, 0.4) is 0 Å². The monoisotopic (exact) mass is 389 g/mol. The average molecular weight is 389 g/mol. The Morgan fingerprint density at radius 1 is 1.10 bits per heavy atom. The van der Waals surface area contributed by atoms with Gasteiger partial charge in [0.05, 0.1) is 11.9 Å². The van der Waals surface area contributed by atoms with Gasteiger partial charge in [-0.05, 0) is 42.8 Å². The van der Waals surface area contributed by atoms with E-state index in [-0.39, 0.29) is 5.75 Å². The Labute approximate surface area is 168 Å². The Balaban J connectivity index is 1.57. The summed E-state index contributed by atoms with van der Waals surface area (Å²) in [7, 11) is 2.00. The van der Waals surface area contributed by atoms with Crippen LogP contribution in [0, 0.1) is 0 Å². The lowest BCUT2D eigenvalue weighted by Crippen LogP contribution is -2.18. The molecular weight excluding hydrogens is 366 g/mol. The maximum Gasteiger partial charge on any atom is 0.336 e. The summed E-state index contributed by atoms with van der Waals surface area (Å²) in [6, 6.07) is 14.9. The highest BCUT2D eigenvalue weighted by atomic mass is 16.4. The molecule has 4 rings (SSSR count). The van der Waals surface area contributed by atoms with Crippen molar-refractivity contribution in [2.45, 2.75) is 26.4 Å². The van der Waals surface area contributed by atoms with Crippen molar-refractivity contribution in [3.63, 3.8) is 0 Å². The van der Waals surface area contributed by atoms with Crippen molar-refractivity contribution in [3.05, 3.63) is 88.0 Å². The number of para-hydroxylation sites is 1. The first-order valence-electron chi connectivity index (χ1n) is 9.59. The van der Waals surface area contributed by atoms with Crippen LogP contribution in [0.15, 0.2) is 70.1 Å². The van der Waals surface area contributed by atoms with E-state index in [9.17, 15) is 9.90 Å². The van der Waals surface area contributed by atoms with Gasteiger partial charge in [-0.15, -0.1) is 0 Å². The number of hydrogen-bond donors (Lipinski definition) is 1. The van der Waals surface area contributed by atoms with Crippen LogP contribution in [-0.2, 0) is 19.5 Å². The van der Waals surface area contributed by atoms with E-state index in [1.165, 1.54) is 12.1 Å². The number of rotatable bonds is 6. The van der Waals surface area contributed by atoms with Crippen molar-refractivity contribution in [2.24, 2.45) is 0 Å². The summed E-state index contributed by atoms with van der Waals surface area (Å²) >= 11 is 0. The van der Waals surface area contributed by atoms with Crippen LogP contribution < -0.4 is 5.63 Å². The van der Waals surface area contributed by atoms with E-state index in [1.54, 1.807) is 0 Å². The summed E-state index contributed by atoms with van der Waals surface area (Å²) < 4.78 is 7.14. The zero-order valence-corrected chi connectivity index (χ0v) is 16.5. The van der Waals surface area contributed by atoms with Crippen LogP contribution in [0.5, 0.6) is 5.75 Å². The van der Waals surface area contributed by atoms with Gasteiger partial charge in [-0.25, -0.2) is 9.48 Å². The van der Waals surface area contributed by atoms with Gasteiger partial charge in [-0.2, -0.15) is 5.10 Å². The number of fused-ring (bicyclic) bond motifs is 1. The fraction of sp³-hybridized carbons (Fsp3) is 0.217. The van der Waals surface area contributed by atoms with E-state index in [4.69, 9.17) is 4.42 Å². The van der Waals surface area contributed by atoms with Gasteiger partial charge in [0, 0.05) is 42.4 Å². The molecule has 0 fully saturated rings. The number of aromatic hydroxyl groups is 1. The molecule has 1 N–H and O–H groups in total. The molecule has 29 heavy (non-hydrogen) atoms. The van der Waals surface area contributed by atoms with Gasteiger partial charge in [-0.3, -0.25) is 4.90 Å². The van der Waals surface area contributed by atoms with Gasteiger partial charge in [-0.1, -0.05) is 25.1 Å². The van der Waals surface area contributed by atoms with Crippen LogP contribution in [0.1, 0.15) is 23.6 Å². The Morgan fingerprint density at radius 2 is 1.90 bits per heavy atom. The molecular formula is C23H23N3O3. The van der Waals surface area contributed by atoms with E-state index in [0.29, 0.717) is 25.1 Å². The maximum atomic E-state index is 12.0. The third kappa shape index (κ3) is 4.07. The fourth-order valence-electron chi connectivity index (χ4n) is 3.54. The Bertz CT molecular complexity index is 1200. The first-order valence-corrected chi connectivity index (χ1v) is 9.59. The van der Waals surface area contributed by atoms with Crippen molar-refractivity contribution < 1.29 is 9.52 Å². The molecule has 148 valence electrons. The van der Waals surface area contributed by atoms with Crippen molar-refractivity contribution >= 4 is 11.0 Å². The first-order chi connectivity index (χ1) is 14.0. The molecule has 0 spiro atoms. The molecule has 0 atom stereocenters. The Hall–Kier alpha value is -3.38. The highest BCUT2D eigenvalue weighted by molar-refractivity contribution is 5.82. The molecule has 0 bridgehead atoms. The average Bonchev–Trinajstić information content (AvgIpc) is 3.16. The normalized spacial score (nSPS) is 11.4. The lowest BCUT2D eigenvalue weighted by molar-refractivity contribution is 0.319. The maximum absolute atomic E-state index is 12.0. The molecule has 0 saturated heterocycles. The third-order valence-corrected chi connectivity index (χ3v) is 4.96. The summed E-state index contributed by atoms with van der Waals surface area (Å²) in [5.41, 5.74) is 3.80. The van der Waals surface area contributed by atoms with Crippen LogP contribution in [-0.4, -0.2) is 26.8 Å². The molecule has 2 aromatic carbocycles. The smallest absolute Gasteiger partial charge is 0.336 e. The predicted molar refractivity (Wildman–Crippen MR) is 112 cm³/mol. The molecule has 0 amide bonds. The molecule has 0 unspecified atom stereocenters. The molecule has 0 radical (unpaired) electrons. The molecule has 0 saturated carbocycles. The van der Waals surface area contributed by atoms with Gasteiger partial charge in [0.2, 0.25) is 0 Å². The predicted octanol–water partition coefficient (Wildman–Crippen LogP) is 3.88. The van der Waals surface area contributed by atoms with E-state index in [2.05, 4.69) is 10.00 Å². The lowest BCUT2D eigenvalue weighted by Gasteiger charge is -2.17. The summed E-state index contributed by atoms with van der Waals surface area (Å²) in [5.74, 6) is 0.155. The SMILES string of the molecule is CCc1cc2c(CN(C)Cc3cnn(-c4ccccc4)c3)cc(=O)oc2cc1O. The molecule has 0 aliphatic rings. The number of phenolic OH excluding ortho intramolecular Hbond substituents is 1. The van der Waals surface area contributed by atoms with Crippen molar-refractivity contribution in [2.75, 3.05) is 7.05 Å². The first kappa shape index (κ1) is 19.0. The van der Waals surface area contributed by atoms with E-state index >= 15 is 0 Å². The minimum absolute atomic E-state index is 0.155. The summed E-state index contributed by atoms with van der Waals surface area (Å²) in [4.78, 5) is 14.1. The van der Waals surface area contributed by atoms with Gasteiger partial charge in [0.15, 0.2) is 0 Å². The standard InChI is InChI=1S/C23H23N3O3/c1-3-17-9-20-18(10-23(28)29-22(20)11-21(17)27)15-25(2)13-16-12-24-26(14-16)19-7-5-4-6-8-19/h4-12,14,27H,3,13,15H2,1-2H3. The van der Waals surface area contributed by atoms with Gasteiger partial charge >= 0.3 is 5.63 Å². The number of phenols is 1. The number of benzene rings is 2. The molecule has 6 heteroatoms. The van der Waals surface area contributed by atoms with Crippen LogP contribution >= 0.6 is 0 Å². The molecule has 0 aliphatic heterocycles. The fourth-order valence-corrected chi connectivity index (χ4v) is 3.54. The van der Waals surface area contributed by atoms with E-state index in [1.807, 2.05) is 67.4 Å². The number of aryl methyl sites for hydroxylation is 1. The number of aromatic nitrogens is 2. The number of nitrogens with zero attached hydrogens (tertiary/aromatic N) is 3. The van der Waals surface area contributed by atoms with Gasteiger partial charge in [0.1, 0.15) is 11.3 Å². The molecule has 2 heterocycles.